The number of morpholine rings is 1. The average Bonchev–Trinajstić information content (AvgIpc) is 2.83. The molecule has 6 heteroatoms. The molecule has 1 aliphatic rings. The molecule has 4 rings (SSSR count). The van der Waals surface area contributed by atoms with Gasteiger partial charge in [0.25, 0.3) is 0 Å². The van der Waals surface area contributed by atoms with E-state index in [1.807, 2.05) is 18.2 Å². The number of hydrogen-bond acceptors (Lipinski definition) is 6. The lowest BCUT2D eigenvalue weighted by Gasteiger charge is -2.26. The van der Waals surface area contributed by atoms with Crippen LogP contribution < -0.4 is 5.36 Å². The summed E-state index contributed by atoms with van der Waals surface area (Å²) in [5, 5.41) is 14.5. The molecule has 0 saturated carbocycles. The summed E-state index contributed by atoms with van der Waals surface area (Å²) < 4.78 is 11.5. The zero-order valence-electron chi connectivity index (χ0n) is 18.0. The summed E-state index contributed by atoms with van der Waals surface area (Å²) in [5.41, 5.74) is 4.75. The van der Waals surface area contributed by atoms with Crippen molar-refractivity contribution in [3.8, 4) is 11.5 Å². The van der Waals surface area contributed by atoms with Crippen LogP contribution in [0.3, 0.4) is 0 Å². The number of benzene rings is 1. The average molecular weight is 420 g/mol. The van der Waals surface area contributed by atoms with Crippen LogP contribution in [0.5, 0.6) is 0 Å². The second kappa shape index (κ2) is 9.90. The zero-order chi connectivity index (χ0) is 21.6. The third kappa shape index (κ3) is 4.86. The fourth-order valence-electron chi connectivity index (χ4n) is 4.04. The van der Waals surface area contributed by atoms with Gasteiger partial charge >= 0.3 is 0 Å². The van der Waals surface area contributed by atoms with Crippen LogP contribution in [0, 0.1) is 0 Å². The number of rotatable bonds is 7. The lowest BCUT2D eigenvalue weighted by molar-refractivity contribution is 0.0375. The summed E-state index contributed by atoms with van der Waals surface area (Å²) in [7, 11) is 0. The maximum absolute atomic E-state index is 9.66. The molecule has 1 aromatic carbocycles. The maximum Gasteiger partial charge on any atom is 0.155 e. The largest absolute Gasteiger partial charge is 0.454 e. The third-order valence-electron chi connectivity index (χ3n) is 5.84. The minimum atomic E-state index is 0.485. The molecule has 1 saturated heterocycles. The van der Waals surface area contributed by atoms with E-state index in [9.17, 15) is 5.21 Å². The fourth-order valence-corrected chi connectivity index (χ4v) is 4.04. The van der Waals surface area contributed by atoms with Crippen LogP contribution in [-0.2, 0) is 17.6 Å². The molecule has 0 spiro atoms. The van der Waals surface area contributed by atoms with Crippen molar-refractivity contribution in [3.05, 3.63) is 65.2 Å². The van der Waals surface area contributed by atoms with Crippen LogP contribution in [0.1, 0.15) is 30.0 Å². The third-order valence-corrected chi connectivity index (χ3v) is 5.84. The zero-order valence-corrected chi connectivity index (χ0v) is 18.0. The van der Waals surface area contributed by atoms with Gasteiger partial charge in [0, 0.05) is 30.7 Å². The Hall–Kier alpha value is -2.96. The summed E-state index contributed by atoms with van der Waals surface area (Å²) in [4.78, 5) is 6.95. The van der Waals surface area contributed by atoms with Gasteiger partial charge in [-0.3, -0.25) is 9.88 Å². The number of aryl methyl sites for hydroxylation is 2. The lowest BCUT2D eigenvalue weighted by atomic mass is 10.0. The van der Waals surface area contributed by atoms with Crippen molar-refractivity contribution in [3.63, 3.8) is 0 Å². The summed E-state index contributed by atoms with van der Waals surface area (Å²) >= 11 is 0. The van der Waals surface area contributed by atoms with Crippen molar-refractivity contribution >= 4 is 17.0 Å². The summed E-state index contributed by atoms with van der Waals surface area (Å²) in [6.45, 7) is 10.7. The van der Waals surface area contributed by atoms with Crippen molar-refractivity contribution < 1.29 is 14.4 Å². The van der Waals surface area contributed by atoms with E-state index in [2.05, 4.69) is 40.7 Å². The molecule has 0 aliphatic carbocycles. The predicted octanol–water partition coefficient (Wildman–Crippen LogP) is 4.25. The Morgan fingerprint density at radius 3 is 2.81 bits per heavy atom. The Bertz CT molecular complexity index is 1130. The van der Waals surface area contributed by atoms with E-state index in [1.165, 1.54) is 5.56 Å². The van der Waals surface area contributed by atoms with Gasteiger partial charge in [0.05, 0.1) is 13.2 Å². The van der Waals surface area contributed by atoms with Gasteiger partial charge in [0.1, 0.15) is 16.6 Å². The Kier molecular flexibility index (Phi) is 6.79. The topological polar surface area (TPSA) is 71.1 Å². The highest BCUT2D eigenvalue weighted by molar-refractivity contribution is 5.79. The van der Waals surface area contributed by atoms with Crippen molar-refractivity contribution in [2.75, 3.05) is 32.8 Å². The molecule has 3 heterocycles. The van der Waals surface area contributed by atoms with Gasteiger partial charge in [-0.2, -0.15) is 0 Å². The summed E-state index contributed by atoms with van der Waals surface area (Å²) in [5.74, 6) is 0.575. The molecule has 3 aromatic rings. The van der Waals surface area contributed by atoms with E-state index in [4.69, 9.17) is 9.15 Å². The normalized spacial score (nSPS) is 15.5. The van der Waals surface area contributed by atoms with Gasteiger partial charge in [-0.05, 0) is 60.7 Å². The number of hydrogen-bond donors (Lipinski definition) is 1. The lowest BCUT2D eigenvalue weighted by Crippen LogP contribution is -2.36. The van der Waals surface area contributed by atoms with Crippen LogP contribution in [0.2, 0.25) is 0 Å². The number of fused-ring (bicyclic) bond motifs is 1. The molecule has 31 heavy (non-hydrogen) atoms. The molecule has 1 aliphatic heterocycles. The Labute approximate surface area is 182 Å². The summed E-state index contributed by atoms with van der Waals surface area (Å²) in [6, 6.07) is 9.85. The molecule has 6 nitrogen and oxygen atoms in total. The minimum Gasteiger partial charge on any atom is -0.454 e. The van der Waals surface area contributed by atoms with Crippen LogP contribution in [0.15, 0.2) is 52.7 Å². The Morgan fingerprint density at radius 2 is 2.06 bits per heavy atom. The molecule has 0 atom stereocenters. The first-order valence-corrected chi connectivity index (χ1v) is 10.9. The molecule has 0 amide bonds. The van der Waals surface area contributed by atoms with Gasteiger partial charge in [0.2, 0.25) is 0 Å². The van der Waals surface area contributed by atoms with Crippen LogP contribution >= 0.6 is 0 Å². The van der Waals surface area contributed by atoms with Crippen molar-refractivity contribution in [2.45, 2.75) is 26.2 Å². The highest BCUT2D eigenvalue weighted by Crippen LogP contribution is 2.24. The van der Waals surface area contributed by atoms with Gasteiger partial charge in [-0.1, -0.05) is 30.8 Å². The first kappa shape index (κ1) is 21.3. The first-order chi connectivity index (χ1) is 15.2. The van der Waals surface area contributed by atoms with E-state index >= 15 is 0 Å². The molecule has 1 N–H and O–H groups in total. The minimum absolute atomic E-state index is 0.485. The van der Waals surface area contributed by atoms with Crippen molar-refractivity contribution in [2.24, 2.45) is 5.16 Å². The van der Waals surface area contributed by atoms with Gasteiger partial charge < -0.3 is 14.4 Å². The SMILES string of the molecule is C=Cc1cnc(-c2c/c(=N\O)c3cc(CCCN4CCOCC4)ccc3o2)cc1CC. The molecular formula is C25H29N3O3. The highest BCUT2D eigenvalue weighted by atomic mass is 16.5. The molecule has 0 bridgehead atoms. The fraction of sp³-hybridized carbons (Fsp3) is 0.360. The molecule has 2 aromatic heterocycles. The second-order valence-electron chi connectivity index (χ2n) is 7.81. The second-order valence-corrected chi connectivity index (χ2v) is 7.81. The Balaban J connectivity index is 1.58. The van der Waals surface area contributed by atoms with E-state index in [-0.39, 0.29) is 0 Å². The monoisotopic (exact) mass is 419 g/mol. The summed E-state index contributed by atoms with van der Waals surface area (Å²) in [6.07, 6.45) is 6.52. The number of ether oxygens (including phenoxy) is 1. The molecule has 1 fully saturated rings. The van der Waals surface area contributed by atoms with Gasteiger partial charge in [-0.25, -0.2) is 0 Å². The Morgan fingerprint density at radius 1 is 1.23 bits per heavy atom. The van der Waals surface area contributed by atoms with E-state index < -0.39 is 0 Å². The predicted molar refractivity (Wildman–Crippen MR) is 122 cm³/mol. The molecule has 0 unspecified atom stereocenters. The number of nitrogens with zero attached hydrogens (tertiary/aromatic N) is 3. The quantitative estimate of drug-likeness (QED) is 0.458. The first-order valence-electron chi connectivity index (χ1n) is 10.9. The maximum atomic E-state index is 9.66. The van der Waals surface area contributed by atoms with Crippen molar-refractivity contribution in [1.29, 1.82) is 0 Å². The van der Waals surface area contributed by atoms with E-state index in [1.54, 1.807) is 12.3 Å². The molecule has 0 radical (unpaired) electrons. The smallest absolute Gasteiger partial charge is 0.155 e. The van der Waals surface area contributed by atoms with E-state index in [0.29, 0.717) is 22.4 Å². The highest BCUT2D eigenvalue weighted by Gasteiger charge is 2.12. The number of aromatic nitrogens is 1. The molecular weight excluding hydrogens is 390 g/mol. The van der Waals surface area contributed by atoms with Gasteiger partial charge in [-0.15, -0.1) is 0 Å². The van der Waals surface area contributed by atoms with Crippen LogP contribution in [0.25, 0.3) is 28.5 Å². The van der Waals surface area contributed by atoms with Gasteiger partial charge in [0.15, 0.2) is 5.76 Å². The van der Waals surface area contributed by atoms with Crippen molar-refractivity contribution in [1.82, 2.24) is 9.88 Å². The molecule has 162 valence electrons. The van der Waals surface area contributed by atoms with Crippen LogP contribution in [-0.4, -0.2) is 47.9 Å². The number of pyridine rings is 1. The van der Waals surface area contributed by atoms with E-state index in [0.717, 1.165) is 68.6 Å². The standard InChI is InChI=1S/C25H29N3O3/c1-3-19-15-23(26-17-20(19)4-2)25-16-22(27-29)21-14-18(7-8-24(21)31-25)6-5-9-28-10-12-30-13-11-28/h4,7-8,14-17,29H,2-3,5-6,9-13H2,1H3/b27-22+. The van der Waals surface area contributed by atoms with Crippen LogP contribution in [0.4, 0.5) is 0 Å².